The number of rotatable bonds is 3. The standard InChI is InChI=1S/C24H24ClN3O3S/c25-18-7-5-16(6-8-18)23(30)28-14-19(20(29)15-28)26-9-11-27(12-10-26)24(31)22-13-17-3-1-2-4-21(17)32-22/h1-8,13,19-20,29H,9-12,14-15H2/t19-,20-/m0/s1. The number of thiophene rings is 1. The van der Waals surface area contributed by atoms with Crippen molar-refractivity contribution >= 4 is 44.8 Å². The highest BCUT2D eigenvalue weighted by Gasteiger charge is 2.39. The van der Waals surface area contributed by atoms with E-state index in [9.17, 15) is 14.7 Å². The molecule has 2 aliphatic rings. The molecule has 8 heteroatoms. The van der Waals surface area contributed by atoms with Crippen LogP contribution in [0.5, 0.6) is 0 Å². The fraction of sp³-hybridized carbons (Fsp3) is 0.333. The van der Waals surface area contributed by atoms with Gasteiger partial charge >= 0.3 is 0 Å². The zero-order valence-electron chi connectivity index (χ0n) is 17.5. The summed E-state index contributed by atoms with van der Waals surface area (Å²) in [6.45, 7) is 3.38. The van der Waals surface area contributed by atoms with E-state index in [4.69, 9.17) is 11.6 Å². The second kappa shape index (κ2) is 8.83. The lowest BCUT2D eigenvalue weighted by Crippen LogP contribution is -2.54. The minimum atomic E-state index is -0.601. The van der Waals surface area contributed by atoms with Gasteiger partial charge in [0, 0.05) is 54.6 Å². The van der Waals surface area contributed by atoms with Crippen LogP contribution < -0.4 is 0 Å². The highest BCUT2D eigenvalue weighted by atomic mass is 35.5. The Morgan fingerprint density at radius 2 is 1.62 bits per heavy atom. The van der Waals surface area contributed by atoms with Crippen LogP contribution in [-0.2, 0) is 0 Å². The normalized spacial score (nSPS) is 21.9. The molecule has 0 saturated carbocycles. The molecule has 0 spiro atoms. The molecule has 2 aliphatic heterocycles. The number of aliphatic hydroxyl groups excluding tert-OH is 1. The molecule has 5 rings (SSSR count). The number of likely N-dealkylation sites (tertiary alicyclic amines) is 1. The van der Waals surface area contributed by atoms with E-state index in [-0.39, 0.29) is 17.9 Å². The highest BCUT2D eigenvalue weighted by molar-refractivity contribution is 7.20. The van der Waals surface area contributed by atoms with Crippen LogP contribution in [0.4, 0.5) is 0 Å². The molecule has 2 fully saturated rings. The zero-order chi connectivity index (χ0) is 22.2. The molecular weight excluding hydrogens is 446 g/mol. The molecule has 2 saturated heterocycles. The van der Waals surface area contributed by atoms with Crippen LogP contribution >= 0.6 is 22.9 Å². The maximum atomic E-state index is 13.0. The first-order valence-electron chi connectivity index (χ1n) is 10.7. The summed E-state index contributed by atoms with van der Waals surface area (Å²) in [5.41, 5.74) is 0.570. The number of aliphatic hydroxyl groups is 1. The van der Waals surface area contributed by atoms with Crippen LogP contribution in [0.3, 0.4) is 0 Å². The third-order valence-electron chi connectivity index (χ3n) is 6.34. The smallest absolute Gasteiger partial charge is 0.264 e. The van der Waals surface area contributed by atoms with Gasteiger partial charge in [-0.15, -0.1) is 11.3 Å². The molecular formula is C24H24ClN3O3S. The Morgan fingerprint density at radius 1 is 0.906 bits per heavy atom. The maximum absolute atomic E-state index is 13.0. The molecule has 2 amide bonds. The van der Waals surface area contributed by atoms with Crippen LogP contribution in [0.1, 0.15) is 20.0 Å². The lowest BCUT2D eigenvalue weighted by atomic mass is 10.1. The fourth-order valence-corrected chi connectivity index (χ4v) is 5.73. The van der Waals surface area contributed by atoms with Crippen molar-refractivity contribution in [2.45, 2.75) is 12.1 Å². The van der Waals surface area contributed by atoms with Gasteiger partial charge in [-0.3, -0.25) is 14.5 Å². The van der Waals surface area contributed by atoms with Crippen molar-refractivity contribution in [3.63, 3.8) is 0 Å². The molecule has 3 heterocycles. The molecule has 2 atom stereocenters. The first-order valence-corrected chi connectivity index (χ1v) is 11.9. The number of fused-ring (bicyclic) bond motifs is 1. The Bertz CT molecular complexity index is 1110. The first kappa shape index (κ1) is 21.4. The molecule has 1 N–H and O–H groups in total. The summed E-state index contributed by atoms with van der Waals surface area (Å²) in [6, 6.07) is 16.7. The predicted octanol–water partition coefficient (Wildman–Crippen LogP) is 3.20. The second-order valence-electron chi connectivity index (χ2n) is 8.33. The predicted molar refractivity (Wildman–Crippen MR) is 126 cm³/mol. The summed E-state index contributed by atoms with van der Waals surface area (Å²) < 4.78 is 1.12. The summed E-state index contributed by atoms with van der Waals surface area (Å²) in [5, 5.41) is 12.3. The molecule has 3 aromatic rings. The van der Waals surface area contributed by atoms with Crippen molar-refractivity contribution in [1.82, 2.24) is 14.7 Å². The largest absolute Gasteiger partial charge is 0.390 e. The fourth-order valence-electron chi connectivity index (χ4n) is 4.57. The number of amides is 2. The molecule has 32 heavy (non-hydrogen) atoms. The average molecular weight is 470 g/mol. The van der Waals surface area contributed by atoms with E-state index in [0.717, 1.165) is 15.0 Å². The van der Waals surface area contributed by atoms with Crippen molar-refractivity contribution in [2.24, 2.45) is 0 Å². The number of nitrogens with zero attached hydrogens (tertiary/aromatic N) is 3. The number of benzene rings is 2. The number of carbonyl (C=O) groups excluding carboxylic acids is 2. The Morgan fingerprint density at radius 3 is 2.34 bits per heavy atom. The van der Waals surface area contributed by atoms with E-state index in [1.807, 2.05) is 35.2 Å². The molecule has 0 radical (unpaired) electrons. The summed E-state index contributed by atoms with van der Waals surface area (Å²) in [5.74, 6) is -0.0286. The highest BCUT2D eigenvalue weighted by Crippen LogP contribution is 2.27. The topological polar surface area (TPSA) is 64.1 Å². The maximum Gasteiger partial charge on any atom is 0.264 e. The number of hydrogen-bond donors (Lipinski definition) is 1. The summed E-state index contributed by atoms with van der Waals surface area (Å²) in [6.07, 6.45) is -0.601. The summed E-state index contributed by atoms with van der Waals surface area (Å²) in [4.78, 5) is 32.4. The van der Waals surface area contributed by atoms with Gasteiger partial charge < -0.3 is 14.9 Å². The third-order valence-corrected chi connectivity index (χ3v) is 7.70. The molecule has 166 valence electrons. The summed E-state index contributed by atoms with van der Waals surface area (Å²) in [7, 11) is 0. The van der Waals surface area contributed by atoms with Gasteiger partial charge in [0.05, 0.1) is 17.0 Å². The van der Waals surface area contributed by atoms with Gasteiger partial charge in [0.15, 0.2) is 0 Å². The number of carbonyl (C=O) groups is 2. The van der Waals surface area contributed by atoms with Crippen molar-refractivity contribution in [1.29, 1.82) is 0 Å². The SMILES string of the molecule is O=C(c1ccc(Cl)cc1)N1C[C@H](O)[C@@H](N2CCN(C(=O)c3cc4ccccc4s3)CC2)C1. The first-order chi connectivity index (χ1) is 15.5. The lowest BCUT2D eigenvalue weighted by molar-refractivity contribution is 0.0379. The van der Waals surface area contributed by atoms with Crippen molar-refractivity contribution in [2.75, 3.05) is 39.3 Å². The Labute approximate surface area is 195 Å². The minimum Gasteiger partial charge on any atom is -0.390 e. The van der Waals surface area contributed by atoms with Crippen LogP contribution in [0.15, 0.2) is 54.6 Å². The number of β-amino-alcohol motifs (C(OH)–C–C–N with tert-alkyl or cyclic N) is 1. The zero-order valence-corrected chi connectivity index (χ0v) is 19.1. The van der Waals surface area contributed by atoms with Crippen molar-refractivity contribution < 1.29 is 14.7 Å². The molecule has 0 unspecified atom stereocenters. The number of piperazine rings is 1. The van der Waals surface area contributed by atoms with Gasteiger partial charge in [0.25, 0.3) is 11.8 Å². The van der Waals surface area contributed by atoms with Crippen LogP contribution in [0, 0.1) is 0 Å². The molecule has 0 bridgehead atoms. The Kier molecular flexibility index (Phi) is 5.90. The van der Waals surface area contributed by atoms with E-state index in [1.165, 1.54) is 11.3 Å². The second-order valence-corrected chi connectivity index (χ2v) is 9.85. The number of hydrogen-bond acceptors (Lipinski definition) is 5. The van der Waals surface area contributed by atoms with Crippen LogP contribution in [0.25, 0.3) is 10.1 Å². The minimum absolute atomic E-state index is 0.0670. The van der Waals surface area contributed by atoms with Gasteiger partial charge in [-0.2, -0.15) is 0 Å². The molecule has 1 aromatic heterocycles. The van der Waals surface area contributed by atoms with Crippen molar-refractivity contribution in [3.05, 3.63) is 70.1 Å². The third kappa shape index (κ3) is 4.13. The van der Waals surface area contributed by atoms with Crippen LogP contribution in [0.2, 0.25) is 5.02 Å². The van der Waals surface area contributed by atoms with E-state index >= 15 is 0 Å². The average Bonchev–Trinajstić information content (AvgIpc) is 3.42. The monoisotopic (exact) mass is 469 g/mol. The lowest BCUT2D eigenvalue weighted by Gasteiger charge is -2.38. The Balaban J connectivity index is 1.20. The van der Waals surface area contributed by atoms with E-state index in [2.05, 4.69) is 4.90 Å². The number of halogens is 1. The van der Waals surface area contributed by atoms with Crippen molar-refractivity contribution in [3.8, 4) is 0 Å². The quantitative estimate of drug-likeness (QED) is 0.639. The summed E-state index contributed by atoms with van der Waals surface area (Å²) >= 11 is 7.45. The van der Waals surface area contributed by atoms with Gasteiger partial charge in [-0.1, -0.05) is 29.8 Å². The van der Waals surface area contributed by atoms with E-state index in [0.29, 0.717) is 49.9 Å². The van der Waals surface area contributed by atoms with E-state index in [1.54, 1.807) is 29.2 Å². The van der Waals surface area contributed by atoms with Gasteiger partial charge in [-0.05, 0) is 41.8 Å². The van der Waals surface area contributed by atoms with Gasteiger partial charge in [-0.25, -0.2) is 0 Å². The van der Waals surface area contributed by atoms with E-state index < -0.39 is 6.10 Å². The molecule has 0 aliphatic carbocycles. The molecule has 2 aromatic carbocycles. The van der Waals surface area contributed by atoms with Gasteiger partial charge in [0.1, 0.15) is 0 Å². The molecule has 6 nitrogen and oxygen atoms in total. The van der Waals surface area contributed by atoms with Gasteiger partial charge in [0.2, 0.25) is 0 Å². The Hall–Kier alpha value is -2.45. The van der Waals surface area contributed by atoms with Crippen LogP contribution in [-0.4, -0.2) is 83.0 Å².